The molecular weight excluding hydrogens is 377 g/mol. The van der Waals surface area contributed by atoms with Gasteiger partial charge in [0.1, 0.15) is 5.03 Å². The molecule has 0 atom stereocenters. The van der Waals surface area contributed by atoms with E-state index in [1.807, 2.05) is 30.3 Å². The second-order valence-corrected chi connectivity index (χ2v) is 6.53. The fourth-order valence-corrected chi connectivity index (χ4v) is 3.38. The van der Waals surface area contributed by atoms with Crippen molar-refractivity contribution < 1.29 is 13.2 Å². The predicted molar refractivity (Wildman–Crippen MR) is 92.9 cm³/mol. The van der Waals surface area contributed by atoms with Gasteiger partial charge < -0.3 is 4.57 Å². The predicted octanol–water partition coefficient (Wildman–Crippen LogP) is 3.99. The molecule has 0 saturated heterocycles. The first-order chi connectivity index (χ1) is 12.9. The van der Waals surface area contributed by atoms with Crippen LogP contribution in [0.4, 0.5) is 13.2 Å². The molecule has 136 valence electrons. The van der Waals surface area contributed by atoms with Crippen LogP contribution in [-0.4, -0.2) is 29.7 Å². The Labute approximate surface area is 155 Å². The van der Waals surface area contributed by atoms with E-state index in [1.165, 1.54) is 7.05 Å². The summed E-state index contributed by atoms with van der Waals surface area (Å²) in [7, 11) is 1.27. The van der Waals surface area contributed by atoms with Gasteiger partial charge in [-0.15, -0.1) is 10.2 Å². The molecule has 0 N–H and O–H groups in total. The molecule has 4 rings (SSSR count). The zero-order valence-electron chi connectivity index (χ0n) is 13.8. The van der Waals surface area contributed by atoms with Crippen molar-refractivity contribution in [1.29, 1.82) is 0 Å². The highest BCUT2D eigenvalue weighted by molar-refractivity contribution is 7.99. The van der Waals surface area contributed by atoms with E-state index in [-0.39, 0.29) is 5.16 Å². The van der Waals surface area contributed by atoms with Crippen LogP contribution in [0.2, 0.25) is 0 Å². The summed E-state index contributed by atoms with van der Waals surface area (Å²) in [4.78, 5) is 13.1. The Morgan fingerprint density at radius 3 is 2.52 bits per heavy atom. The van der Waals surface area contributed by atoms with E-state index in [0.29, 0.717) is 27.3 Å². The maximum atomic E-state index is 13.0. The first-order valence-electron chi connectivity index (χ1n) is 7.75. The van der Waals surface area contributed by atoms with E-state index >= 15 is 0 Å². The average molecular weight is 388 g/mol. The normalized spacial score (nSPS) is 11.9. The molecule has 10 heteroatoms. The second kappa shape index (κ2) is 6.62. The van der Waals surface area contributed by atoms with Gasteiger partial charge in [0.05, 0.1) is 5.52 Å². The van der Waals surface area contributed by atoms with E-state index in [9.17, 15) is 13.2 Å². The minimum absolute atomic E-state index is 0.0864. The van der Waals surface area contributed by atoms with Crippen LogP contribution in [-0.2, 0) is 13.2 Å². The molecule has 0 radical (unpaired) electrons. The van der Waals surface area contributed by atoms with Gasteiger partial charge in [-0.1, -0.05) is 18.2 Å². The number of pyridine rings is 1. The van der Waals surface area contributed by atoms with Crippen LogP contribution < -0.4 is 0 Å². The van der Waals surface area contributed by atoms with Crippen LogP contribution in [0.15, 0.2) is 59.0 Å². The maximum absolute atomic E-state index is 13.0. The highest BCUT2D eigenvalue weighted by atomic mass is 32.2. The molecular formula is C17H11F3N6S. The SMILES string of the molecule is Cn1c(Sc2nc(-c3cccnc3)nc3ccccc23)nnc1C(F)(F)F. The van der Waals surface area contributed by atoms with E-state index in [1.54, 1.807) is 18.5 Å². The van der Waals surface area contributed by atoms with Crippen molar-refractivity contribution in [3.8, 4) is 11.4 Å². The molecule has 0 bridgehead atoms. The summed E-state index contributed by atoms with van der Waals surface area (Å²) in [5.74, 6) is -0.627. The fraction of sp³-hybridized carbons (Fsp3) is 0.118. The molecule has 3 heterocycles. The van der Waals surface area contributed by atoms with Gasteiger partial charge in [0.2, 0.25) is 5.82 Å². The van der Waals surface area contributed by atoms with Gasteiger partial charge in [-0.2, -0.15) is 13.2 Å². The lowest BCUT2D eigenvalue weighted by Gasteiger charge is -2.09. The highest BCUT2D eigenvalue weighted by Gasteiger charge is 2.37. The Kier molecular flexibility index (Phi) is 4.27. The molecule has 4 aromatic rings. The van der Waals surface area contributed by atoms with Crippen molar-refractivity contribution in [3.05, 3.63) is 54.6 Å². The van der Waals surface area contributed by atoms with Crippen molar-refractivity contribution in [1.82, 2.24) is 29.7 Å². The number of hydrogen-bond donors (Lipinski definition) is 0. The summed E-state index contributed by atoms with van der Waals surface area (Å²) >= 11 is 1.01. The molecule has 0 spiro atoms. The average Bonchev–Trinajstić information content (AvgIpc) is 3.03. The number of para-hydroxylation sites is 1. The van der Waals surface area contributed by atoms with Gasteiger partial charge in [0.15, 0.2) is 11.0 Å². The second-order valence-electron chi connectivity index (χ2n) is 5.58. The smallest absolute Gasteiger partial charge is 0.301 e. The fourth-order valence-electron chi connectivity index (χ4n) is 2.49. The molecule has 27 heavy (non-hydrogen) atoms. The van der Waals surface area contributed by atoms with E-state index in [2.05, 4.69) is 25.1 Å². The minimum Gasteiger partial charge on any atom is -0.301 e. The van der Waals surface area contributed by atoms with Gasteiger partial charge in [-0.25, -0.2) is 9.97 Å². The lowest BCUT2D eigenvalue weighted by Crippen LogP contribution is -2.12. The van der Waals surface area contributed by atoms with Crippen molar-refractivity contribution in [2.24, 2.45) is 7.05 Å². The number of hydrogen-bond acceptors (Lipinski definition) is 6. The van der Waals surface area contributed by atoms with Crippen LogP contribution >= 0.6 is 11.8 Å². The number of alkyl halides is 3. The van der Waals surface area contributed by atoms with Gasteiger partial charge in [-0.05, 0) is 30.0 Å². The van der Waals surface area contributed by atoms with E-state index < -0.39 is 12.0 Å². The lowest BCUT2D eigenvalue weighted by atomic mass is 10.2. The molecule has 0 amide bonds. The van der Waals surface area contributed by atoms with E-state index in [0.717, 1.165) is 16.3 Å². The van der Waals surface area contributed by atoms with Crippen LogP contribution in [0.3, 0.4) is 0 Å². The van der Waals surface area contributed by atoms with Crippen LogP contribution in [0.5, 0.6) is 0 Å². The number of fused-ring (bicyclic) bond motifs is 1. The summed E-state index contributed by atoms with van der Waals surface area (Å²) in [5.41, 5.74) is 1.38. The molecule has 0 aliphatic carbocycles. The van der Waals surface area contributed by atoms with Crippen molar-refractivity contribution in [2.45, 2.75) is 16.4 Å². The topological polar surface area (TPSA) is 69.4 Å². The number of rotatable bonds is 3. The van der Waals surface area contributed by atoms with Gasteiger partial charge in [0.25, 0.3) is 0 Å². The van der Waals surface area contributed by atoms with Crippen LogP contribution in [0.25, 0.3) is 22.3 Å². The molecule has 0 unspecified atom stereocenters. The largest absolute Gasteiger partial charge is 0.451 e. The Morgan fingerprint density at radius 2 is 1.81 bits per heavy atom. The van der Waals surface area contributed by atoms with E-state index in [4.69, 9.17) is 0 Å². The lowest BCUT2D eigenvalue weighted by molar-refractivity contribution is -0.147. The third-order valence-corrected chi connectivity index (χ3v) is 4.81. The molecule has 1 aromatic carbocycles. The van der Waals surface area contributed by atoms with Crippen molar-refractivity contribution in [2.75, 3.05) is 0 Å². The highest BCUT2D eigenvalue weighted by Crippen LogP contribution is 2.35. The van der Waals surface area contributed by atoms with Gasteiger partial charge in [0, 0.05) is 30.4 Å². The first-order valence-corrected chi connectivity index (χ1v) is 8.57. The molecule has 0 aliphatic rings. The zero-order chi connectivity index (χ0) is 19.0. The summed E-state index contributed by atoms with van der Waals surface area (Å²) in [6.07, 6.45) is -1.31. The third kappa shape index (κ3) is 3.35. The number of halogens is 3. The standard InChI is InChI=1S/C17H11F3N6S/c1-26-15(17(18,19)20)24-25-16(26)27-14-11-6-2-3-7-12(11)22-13(23-14)10-5-4-8-21-9-10/h2-9H,1H3. The zero-order valence-corrected chi connectivity index (χ0v) is 14.7. The summed E-state index contributed by atoms with van der Waals surface area (Å²) in [6.45, 7) is 0. The Hall–Kier alpha value is -3.01. The maximum Gasteiger partial charge on any atom is 0.451 e. The molecule has 0 saturated carbocycles. The molecule has 0 aliphatic heterocycles. The monoisotopic (exact) mass is 388 g/mol. The van der Waals surface area contributed by atoms with Gasteiger partial charge >= 0.3 is 6.18 Å². The number of nitrogens with zero attached hydrogens (tertiary/aromatic N) is 6. The third-order valence-electron chi connectivity index (χ3n) is 3.76. The Morgan fingerprint density at radius 1 is 1.00 bits per heavy atom. The molecule has 3 aromatic heterocycles. The number of aromatic nitrogens is 6. The van der Waals surface area contributed by atoms with Crippen molar-refractivity contribution in [3.63, 3.8) is 0 Å². The Bertz CT molecular complexity index is 1110. The van der Waals surface area contributed by atoms with Crippen molar-refractivity contribution >= 4 is 22.7 Å². The first kappa shape index (κ1) is 17.4. The Balaban J connectivity index is 1.83. The summed E-state index contributed by atoms with van der Waals surface area (Å²) in [6, 6.07) is 10.9. The summed E-state index contributed by atoms with van der Waals surface area (Å²) in [5, 5.41) is 8.22. The van der Waals surface area contributed by atoms with Crippen LogP contribution in [0, 0.1) is 0 Å². The minimum atomic E-state index is -4.57. The number of benzene rings is 1. The molecule has 0 fully saturated rings. The molecule has 6 nitrogen and oxygen atoms in total. The van der Waals surface area contributed by atoms with Crippen LogP contribution in [0.1, 0.15) is 5.82 Å². The van der Waals surface area contributed by atoms with Gasteiger partial charge in [-0.3, -0.25) is 4.98 Å². The summed E-state index contributed by atoms with van der Waals surface area (Å²) < 4.78 is 39.8. The quantitative estimate of drug-likeness (QED) is 0.494.